The molecule has 0 spiro atoms. The van der Waals surface area contributed by atoms with Gasteiger partial charge in [-0.3, -0.25) is 4.79 Å². The molecule has 0 heterocycles. The van der Waals surface area contributed by atoms with E-state index >= 15 is 0 Å². The van der Waals surface area contributed by atoms with E-state index in [4.69, 9.17) is 5.73 Å². The van der Waals surface area contributed by atoms with Crippen molar-refractivity contribution in [2.75, 3.05) is 6.54 Å². The Bertz CT molecular complexity index is 474. The summed E-state index contributed by atoms with van der Waals surface area (Å²) in [5.74, 6) is -0.755. The molecular weight excluding hydrogens is 305 g/mol. The number of amides is 1. The molecule has 3 nitrogen and oxygen atoms in total. The predicted octanol–water partition coefficient (Wildman–Crippen LogP) is 3.37. The van der Waals surface area contributed by atoms with Crippen molar-refractivity contribution in [3.05, 3.63) is 35.4 Å². The zero-order chi connectivity index (χ0) is 15.4. The number of rotatable bonds is 5. The summed E-state index contributed by atoms with van der Waals surface area (Å²) in [7, 11) is 0. The Kier molecular flexibility index (Phi) is 7.19. The highest BCUT2D eigenvalue weighted by Gasteiger charge is 2.35. The van der Waals surface area contributed by atoms with Gasteiger partial charge in [0.1, 0.15) is 0 Å². The van der Waals surface area contributed by atoms with E-state index in [1.165, 1.54) is 12.1 Å². The first-order valence-corrected chi connectivity index (χ1v) is 6.47. The third-order valence-electron chi connectivity index (χ3n) is 3.49. The number of hydrogen-bond acceptors (Lipinski definition) is 2. The van der Waals surface area contributed by atoms with Gasteiger partial charge >= 0.3 is 6.18 Å². The zero-order valence-electron chi connectivity index (χ0n) is 12.0. The zero-order valence-corrected chi connectivity index (χ0v) is 12.8. The van der Waals surface area contributed by atoms with Crippen molar-refractivity contribution in [2.24, 2.45) is 5.73 Å². The third-order valence-corrected chi connectivity index (χ3v) is 3.49. The minimum Gasteiger partial charge on any atom is -0.350 e. The molecular formula is C14H20ClF3N2O. The second kappa shape index (κ2) is 7.66. The van der Waals surface area contributed by atoms with Crippen LogP contribution in [0.4, 0.5) is 13.2 Å². The first kappa shape index (κ1) is 19.7. The molecule has 0 aliphatic carbocycles. The van der Waals surface area contributed by atoms with E-state index in [9.17, 15) is 18.0 Å². The van der Waals surface area contributed by atoms with Crippen LogP contribution in [0.25, 0.3) is 0 Å². The van der Waals surface area contributed by atoms with Gasteiger partial charge in [0.05, 0.1) is 11.1 Å². The van der Waals surface area contributed by atoms with Gasteiger partial charge in [-0.05, 0) is 25.0 Å². The fraction of sp³-hybridized carbons (Fsp3) is 0.500. The number of alkyl halides is 3. The average Bonchev–Trinajstić information content (AvgIpc) is 2.43. The summed E-state index contributed by atoms with van der Waals surface area (Å²) in [6, 6.07) is 4.71. The van der Waals surface area contributed by atoms with Gasteiger partial charge < -0.3 is 11.1 Å². The molecule has 7 heteroatoms. The molecule has 3 N–H and O–H groups in total. The van der Waals surface area contributed by atoms with Gasteiger partial charge in [-0.2, -0.15) is 13.2 Å². The van der Waals surface area contributed by atoms with Gasteiger partial charge in [0.25, 0.3) is 5.91 Å². The molecule has 0 bridgehead atoms. The van der Waals surface area contributed by atoms with E-state index in [1.807, 2.05) is 13.8 Å². The molecule has 0 fully saturated rings. The predicted molar refractivity (Wildman–Crippen MR) is 78.5 cm³/mol. The van der Waals surface area contributed by atoms with Crippen LogP contribution in [0, 0.1) is 0 Å². The van der Waals surface area contributed by atoms with Crippen molar-refractivity contribution in [1.29, 1.82) is 0 Å². The molecule has 0 aliphatic rings. The molecule has 0 aliphatic heterocycles. The highest BCUT2D eigenvalue weighted by Crippen LogP contribution is 2.31. The Hall–Kier alpha value is -1.27. The Balaban J connectivity index is 0.00000400. The molecule has 1 rings (SSSR count). The summed E-state index contributed by atoms with van der Waals surface area (Å²) in [4.78, 5) is 11.9. The molecule has 0 saturated carbocycles. The van der Waals surface area contributed by atoms with Gasteiger partial charge in [-0.15, -0.1) is 12.4 Å². The lowest BCUT2D eigenvalue weighted by Crippen LogP contribution is -2.49. The Morgan fingerprint density at radius 1 is 1.19 bits per heavy atom. The van der Waals surface area contributed by atoms with Crippen LogP contribution in [0.3, 0.4) is 0 Å². The maximum absolute atomic E-state index is 12.8. The molecule has 21 heavy (non-hydrogen) atoms. The molecule has 0 aromatic heterocycles. The van der Waals surface area contributed by atoms with E-state index in [0.717, 1.165) is 12.1 Å². The number of nitrogens with two attached hydrogens (primary N) is 1. The van der Waals surface area contributed by atoms with E-state index in [-0.39, 0.29) is 24.5 Å². The van der Waals surface area contributed by atoms with Crippen LogP contribution in [0.5, 0.6) is 0 Å². The van der Waals surface area contributed by atoms with E-state index < -0.39 is 23.2 Å². The number of hydrogen-bond donors (Lipinski definition) is 2. The molecule has 0 radical (unpaired) electrons. The van der Waals surface area contributed by atoms with Gasteiger partial charge in [0.2, 0.25) is 0 Å². The lowest BCUT2D eigenvalue weighted by atomic mass is 9.94. The standard InChI is InChI=1S/C14H19F3N2O.ClH/c1-3-13(18,4-2)9-19-12(20)10-7-5-6-8-11(10)14(15,16)17;/h5-8H,3-4,9,18H2,1-2H3,(H,19,20);1H. The van der Waals surface area contributed by atoms with Crippen molar-refractivity contribution in [3.63, 3.8) is 0 Å². The Labute approximate surface area is 128 Å². The molecule has 1 aromatic rings. The van der Waals surface area contributed by atoms with Crippen LogP contribution in [-0.4, -0.2) is 18.0 Å². The van der Waals surface area contributed by atoms with Gasteiger partial charge in [0.15, 0.2) is 0 Å². The van der Waals surface area contributed by atoms with Gasteiger partial charge in [-0.1, -0.05) is 26.0 Å². The SMILES string of the molecule is CCC(N)(CC)CNC(=O)c1ccccc1C(F)(F)F.Cl. The second-order valence-corrected chi connectivity index (χ2v) is 4.80. The average molecular weight is 325 g/mol. The largest absolute Gasteiger partial charge is 0.417 e. The second-order valence-electron chi connectivity index (χ2n) is 4.80. The first-order chi connectivity index (χ1) is 9.23. The third kappa shape index (κ3) is 5.21. The summed E-state index contributed by atoms with van der Waals surface area (Å²) in [5.41, 5.74) is 4.10. The van der Waals surface area contributed by atoms with Crippen LogP contribution in [0.1, 0.15) is 42.6 Å². The molecule has 0 saturated heterocycles. The summed E-state index contributed by atoms with van der Waals surface area (Å²) < 4.78 is 38.4. The summed E-state index contributed by atoms with van der Waals surface area (Å²) in [6.45, 7) is 3.89. The highest BCUT2D eigenvalue weighted by atomic mass is 35.5. The molecule has 0 atom stereocenters. The monoisotopic (exact) mass is 324 g/mol. The van der Waals surface area contributed by atoms with Gasteiger partial charge in [0, 0.05) is 12.1 Å². The van der Waals surface area contributed by atoms with Crippen LogP contribution in [0.2, 0.25) is 0 Å². The van der Waals surface area contributed by atoms with Crippen molar-refractivity contribution < 1.29 is 18.0 Å². The molecule has 1 amide bonds. The number of halogens is 4. The Morgan fingerprint density at radius 3 is 2.19 bits per heavy atom. The van der Waals surface area contributed by atoms with E-state index in [1.54, 1.807) is 0 Å². The topological polar surface area (TPSA) is 55.1 Å². The van der Waals surface area contributed by atoms with Crippen LogP contribution >= 0.6 is 12.4 Å². The van der Waals surface area contributed by atoms with Crippen LogP contribution in [-0.2, 0) is 6.18 Å². The minimum absolute atomic E-state index is 0. The number of nitrogens with one attached hydrogen (secondary N) is 1. The fourth-order valence-corrected chi connectivity index (χ4v) is 1.78. The highest BCUT2D eigenvalue weighted by molar-refractivity contribution is 5.95. The normalized spacial score (nSPS) is 11.7. The molecule has 1 aromatic carbocycles. The van der Waals surface area contributed by atoms with Crippen molar-refractivity contribution in [2.45, 2.75) is 38.4 Å². The lowest BCUT2D eigenvalue weighted by Gasteiger charge is -2.27. The quantitative estimate of drug-likeness (QED) is 0.872. The summed E-state index contributed by atoms with van der Waals surface area (Å²) >= 11 is 0. The van der Waals surface area contributed by atoms with Crippen molar-refractivity contribution >= 4 is 18.3 Å². The van der Waals surface area contributed by atoms with E-state index in [0.29, 0.717) is 12.8 Å². The van der Waals surface area contributed by atoms with E-state index in [2.05, 4.69) is 5.32 Å². The lowest BCUT2D eigenvalue weighted by molar-refractivity contribution is -0.137. The summed E-state index contributed by atoms with van der Waals surface area (Å²) in [5, 5.41) is 2.49. The number of carbonyl (C=O) groups is 1. The van der Waals surface area contributed by atoms with Gasteiger partial charge in [-0.25, -0.2) is 0 Å². The number of benzene rings is 1. The van der Waals surface area contributed by atoms with Crippen molar-refractivity contribution in [1.82, 2.24) is 5.32 Å². The maximum atomic E-state index is 12.8. The van der Waals surface area contributed by atoms with Crippen molar-refractivity contribution in [3.8, 4) is 0 Å². The smallest absolute Gasteiger partial charge is 0.350 e. The molecule has 0 unspecified atom stereocenters. The van der Waals surface area contributed by atoms with Crippen LogP contribution < -0.4 is 11.1 Å². The maximum Gasteiger partial charge on any atom is 0.417 e. The molecule has 120 valence electrons. The fourth-order valence-electron chi connectivity index (χ4n) is 1.78. The van der Waals surface area contributed by atoms with Crippen LogP contribution in [0.15, 0.2) is 24.3 Å². The number of carbonyl (C=O) groups excluding carboxylic acids is 1. The Morgan fingerprint density at radius 2 is 1.71 bits per heavy atom. The first-order valence-electron chi connectivity index (χ1n) is 6.47. The minimum atomic E-state index is -4.55. The summed E-state index contributed by atoms with van der Waals surface area (Å²) in [6.07, 6.45) is -3.29.